The number of nitrogens with two attached hydrogens (primary N) is 1. The maximum atomic E-state index is 11.6. The number of nitrogens with zero attached hydrogens (tertiary/aromatic N) is 1. The van der Waals surface area contributed by atoms with Crippen molar-refractivity contribution in [1.29, 1.82) is 0 Å². The van der Waals surface area contributed by atoms with Crippen molar-refractivity contribution in [2.45, 2.75) is 26.2 Å². The van der Waals surface area contributed by atoms with Crippen LogP contribution in [0.25, 0.3) is 0 Å². The highest BCUT2D eigenvalue weighted by Crippen LogP contribution is 1.96. The van der Waals surface area contributed by atoms with Crippen LogP contribution < -0.4 is 5.73 Å². The molecule has 0 amide bonds. The van der Waals surface area contributed by atoms with E-state index in [1.54, 1.807) is 7.11 Å². The molecule has 0 fully saturated rings. The van der Waals surface area contributed by atoms with Crippen LogP contribution in [0.15, 0.2) is 0 Å². The van der Waals surface area contributed by atoms with Crippen LogP contribution in [0.5, 0.6) is 0 Å². The van der Waals surface area contributed by atoms with E-state index in [0.29, 0.717) is 37.7 Å². The number of rotatable bonds is 11. The Morgan fingerprint density at radius 3 is 2.61 bits per heavy atom. The molecule has 0 bridgehead atoms. The lowest BCUT2D eigenvalue weighted by Crippen LogP contribution is -2.36. The predicted octanol–water partition coefficient (Wildman–Crippen LogP) is 0.954. The van der Waals surface area contributed by atoms with Crippen LogP contribution in [0.2, 0.25) is 0 Å². The first kappa shape index (κ1) is 17.3. The minimum atomic E-state index is -0.206. The molecular weight excluding hydrogens is 252 g/mol. The summed E-state index contributed by atoms with van der Waals surface area (Å²) in [4.78, 5) is 14.0. The largest absolute Gasteiger partial charge is 0.465 e. The average molecular weight is 276 g/mol. The summed E-state index contributed by atoms with van der Waals surface area (Å²) in [5, 5.41) is 0. The topological polar surface area (TPSA) is 64.8 Å². The summed E-state index contributed by atoms with van der Waals surface area (Å²) in [7, 11) is 1.63. The van der Waals surface area contributed by atoms with Crippen LogP contribution in [0.4, 0.5) is 0 Å². The molecule has 0 aliphatic rings. The fourth-order valence-corrected chi connectivity index (χ4v) is 1.41. The number of hydrogen-bond acceptors (Lipinski definition) is 5. The minimum Gasteiger partial charge on any atom is -0.465 e. The van der Waals surface area contributed by atoms with Crippen molar-refractivity contribution in [1.82, 2.24) is 4.90 Å². The molecule has 2 N–H and O–H groups in total. The third-order valence-electron chi connectivity index (χ3n) is 2.40. The van der Waals surface area contributed by atoms with Gasteiger partial charge in [-0.3, -0.25) is 9.69 Å². The lowest BCUT2D eigenvalue weighted by Gasteiger charge is -2.20. The molecule has 0 saturated heterocycles. The summed E-state index contributed by atoms with van der Waals surface area (Å²) in [6.07, 6.45) is 2.51. The van der Waals surface area contributed by atoms with Crippen molar-refractivity contribution in [2.24, 2.45) is 5.73 Å². The van der Waals surface area contributed by atoms with E-state index in [0.717, 1.165) is 12.8 Å². The van der Waals surface area contributed by atoms with Gasteiger partial charge in [-0.25, -0.2) is 0 Å². The Bertz CT molecular complexity index is 249. The van der Waals surface area contributed by atoms with E-state index in [-0.39, 0.29) is 12.5 Å². The molecule has 0 aliphatic heterocycles. The number of hydrogen-bond donors (Lipinski definition) is 1. The summed E-state index contributed by atoms with van der Waals surface area (Å²) in [5.41, 5.74) is 5.46. The monoisotopic (exact) mass is 276 g/mol. The molecule has 0 radical (unpaired) electrons. The number of ether oxygens (including phenoxy) is 2. The van der Waals surface area contributed by atoms with Gasteiger partial charge in [-0.15, -0.1) is 0 Å². The lowest BCUT2D eigenvalue weighted by molar-refractivity contribution is -0.145. The van der Waals surface area contributed by atoms with Gasteiger partial charge < -0.3 is 15.2 Å². The van der Waals surface area contributed by atoms with E-state index in [2.05, 4.69) is 6.92 Å². The fourth-order valence-electron chi connectivity index (χ4n) is 1.32. The maximum absolute atomic E-state index is 11.6. The molecule has 18 heavy (non-hydrogen) atoms. The smallest absolute Gasteiger partial charge is 0.320 e. The lowest BCUT2D eigenvalue weighted by atomic mass is 10.3. The van der Waals surface area contributed by atoms with E-state index >= 15 is 0 Å². The molecule has 0 heterocycles. The van der Waals surface area contributed by atoms with Crippen LogP contribution >= 0.6 is 12.2 Å². The number of carbonyl (C=O) groups is 1. The SMILES string of the molecule is CCCCOC(=O)CN(CCOC)CCC(N)=S. The first-order valence-corrected chi connectivity index (χ1v) is 6.66. The van der Waals surface area contributed by atoms with Gasteiger partial charge in [-0.2, -0.15) is 0 Å². The van der Waals surface area contributed by atoms with Crippen molar-refractivity contribution >= 4 is 23.2 Å². The third-order valence-corrected chi connectivity index (χ3v) is 2.60. The van der Waals surface area contributed by atoms with Crippen molar-refractivity contribution in [2.75, 3.05) is 40.0 Å². The van der Waals surface area contributed by atoms with Gasteiger partial charge in [0.05, 0.1) is 24.7 Å². The molecule has 0 unspecified atom stereocenters. The summed E-state index contributed by atoms with van der Waals surface area (Å²) >= 11 is 4.83. The van der Waals surface area contributed by atoms with E-state index < -0.39 is 0 Å². The molecule has 0 aromatic heterocycles. The minimum absolute atomic E-state index is 0.206. The second kappa shape index (κ2) is 11.4. The number of carbonyl (C=O) groups excluding carboxylic acids is 1. The van der Waals surface area contributed by atoms with E-state index in [1.807, 2.05) is 4.90 Å². The molecule has 5 nitrogen and oxygen atoms in total. The maximum Gasteiger partial charge on any atom is 0.320 e. The molecule has 0 aromatic carbocycles. The summed E-state index contributed by atoms with van der Waals surface area (Å²) in [6.45, 7) is 4.70. The van der Waals surface area contributed by atoms with Crippen LogP contribution in [-0.4, -0.2) is 55.8 Å². The number of methoxy groups -OCH3 is 1. The second-order valence-corrected chi connectivity index (χ2v) is 4.58. The highest BCUT2D eigenvalue weighted by atomic mass is 32.1. The molecule has 0 atom stereocenters. The van der Waals surface area contributed by atoms with Gasteiger partial charge in [0.2, 0.25) is 0 Å². The summed E-state index contributed by atoms with van der Waals surface area (Å²) in [5.74, 6) is -0.206. The first-order valence-electron chi connectivity index (χ1n) is 6.25. The number of unbranched alkanes of at least 4 members (excludes halogenated alkanes) is 1. The fraction of sp³-hybridized carbons (Fsp3) is 0.833. The zero-order valence-electron chi connectivity index (χ0n) is 11.3. The highest BCUT2D eigenvalue weighted by Gasteiger charge is 2.11. The van der Waals surface area contributed by atoms with E-state index in [4.69, 9.17) is 27.4 Å². The van der Waals surface area contributed by atoms with Gasteiger partial charge in [0, 0.05) is 26.6 Å². The Labute approximate surface area is 115 Å². The van der Waals surface area contributed by atoms with Crippen molar-refractivity contribution in [3.63, 3.8) is 0 Å². The van der Waals surface area contributed by atoms with Crippen molar-refractivity contribution in [3.8, 4) is 0 Å². The highest BCUT2D eigenvalue weighted by molar-refractivity contribution is 7.80. The zero-order chi connectivity index (χ0) is 13.8. The number of esters is 1. The Balaban J connectivity index is 3.96. The summed E-state index contributed by atoms with van der Waals surface area (Å²) in [6, 6.07) is 0. The zero-order valence-corrected chi connectivity index (χ0v) is 12.1. The van der Waals surface area contributed by atoms with Crippen LogP contribution in [0.3, 0.4) is 0 Å². The van der Waals surface area contributed by atoms with Gasteiger partial charge >= 0.3 is 5.97 Å². The number of thiocarbonyl (C=S) groups is 1. The van der Waals surface area contributed by atoms with Gasteiger partial charge in [0.1, 0.15) is 0 Å². The normalized spacial score (nSPS) is 10.6. The quantitative estimate of drug-likeness (QED) is 0.344. The van der Waals surface area contributed by atoms with Crippen molar-refractivity contribution in [3.05, 3.63) is 0 Å². The first-order chi connectivity index (χ1) is 8.60. The van der Waals surface area contributed by atoms with Gasteiger partial charge in [0.15, 0.2) is 0 Å². The molecular formula is C12H24N2O3S. The van der Waals surface area contributed by atoms with E-state index in [9.17, 15) is 4.79 Å². The predicted molar refractivity (Wildman–Crippen MR) is 75.6 cm³/mol. The van der Waals surface area contributed by atoms with Gasteiger partial charge in [0.25, 0.3) is 0 Å². The average Bonchev–Trinajstić information content (AvgIpc) is 2.32. The molecule has 0 rings (SSSR count). The van der Waals surface area contributed by atoms with Crippen LogP contribution in [0, 0.1) is 0 Å². The second-order valence-electron chi connectivity index (χ2n) is 4.06. The standard InChI is InChI=1S/C12H24N2O3S/c1-3-4-8-17-12(15)10-14(7-9-16-2)6-5-11(13)18/h3-10H2,1-2H3,(H2,13,18). The van der Waals surface area contributed by atoms with Crippen molar-refractivity contribution < 1.29 is 14.3 Å². The summed E-state index contributed by atoms with van der Waals surface area (Å²) < 4.78 is 10.1. The Morgan fingerprint density at radius 1 is 1.33 bits per heavy atom. The Kier molecular flexibility index (Phi) is 10.9. The molecule has 0 saturated carbocycles. The molecule has 0 aliphatic carbocycles. The van der Waals surface area contributed by atoms with Crippen LogP contribution in [0.1, 0.15) is 26.2 Å². The molecule has 106 valence electrons. The Morgan fingerprint density at radius 2 is 2.06 bits per heavy atom. The third kappa shape index (κ3) is 10.4. The van der Waals surface area contributed by atoms with E-state index in [1.165, 1.54) is 0 Å². The van der Waals surface area contributed by atoms with Gasteiger partial charge in [-0.1, -0.05) is 25.6 Å². The molecule has 0 aromatic rings. The Hall–Kier alpha value is -0.720. The van der Waals surface area contributed by atoms with Gasteiger partial charge in [-0.05, 0) is 6.42 Å². The van der Waals surface area contributed by atoms with Crippen LogP contribution in [-0.2, 0) is 14.3 Å². The molecule has 6 heteroatoms. The molecule has 0 spiro atoms.